The first-order valence-corrected chi connectivity index (χ1v) is 8.28. The summed E-state index contributed by atoms with van der Waals surface area (Å²) in [5.74, 6) is -1.63. The van der Waals surface area contributed by atoms with Gasteiger partial charge in [0.15, 0.2) is 0 Å². The van der Waals surface area contributed by atoms with E-state index in [1.807, 2.05) is 0 Å². The van der Waals surface area contributed by atoms with Crippen LogP contribution in [0.25, 0.3) is 0 Å². The molecule has 0 spiro atoms. The third kappa shape index (κ3) is 2.51. The van der Waals surface area contributed by atoms with Crippen LogP contribution in [0, 0.1) is 12.7 Å². The summed E-state index contributed by atoms with van der Waals surface area (Å²) in [5.41, 5.74) is 4.25. The number of rotatable bonds is 5. The van der Waals surface area contributed by atoms with Crippen LogP contribution in [0.3, 0.4) is 0 Å². The Hall–Kier alpha value is -1.51. The van der Waals surface area contributed by atoms with Crippen LogP contribution in [0.2, 0.25) is 0 Å². The minimum Gasteiger partial charge on any atom is -0.382 e. The lowest BCUT2D eigenvalue weighted by Crippen LogP contribution is -2.58. The van der Waals surface area contributed by atoms with E-state index in [4.69, 9.17) is 10.5 Å². The maximum Gasteiger partial charge on any atom is 0.247 e. The Bertz CT molecular complexity index is 672. The van der Waals surface area contributed by atoms with E-state index in [0.29, 0.717) is 6.42 Å². The molecule has 2 N–H and O–H groups in total. The number of hydrogen-bond donors (Lipinski definition) is 1. The average Bonchev–Trinajstić information content (AvgIpc) is 2.84. The summed E-state index contributed by atoms with van der Waals surface area (Å²) in [5, 5.41) is 0. The van der Waals surface area contributed by atoms with Gasteiger partial charge in [0.2, 0.25) is 15.9 Å². The Morgan fingerprint density at radius 2 is 2.18 bits per heavy atom. The molecule has 122 valence electrons. The first-order valence-electron chi connectivity index (χ1n) is 6.84. The molecule has 0 aromatic heterocycles. The summed E-state index contributed by atoms with van der Waals surface area (Å²) in [6.07, 6.45) is 0.710. The van der Waals surface area contributed by atoms with Crippen LogP contribution in [0.4, 0.5) is 4.39 Å². The van der Waals surface area contributed by atoms with Crippen molar-refractivity contribution in [3.05, 3.63) is 29.6 Å². The molecule has 1 aliphatic heterocycles. The van der Waals surface area contributed by atoms with E-state index in [1.54, 1.807) is 0 Å². The van der Waals surface area contributed by atoms with E-state index >= 15 is 0 Å². The molecule has 6 nitrogen and oxygen atoms in total. The summed E-state index contributed by atoms with van der Waals surface area (Å²) in [6.45, 7) is 1.45. The number of hydrogen-bond acceptors (Lipinski definition) is 4. The van der Waals surface area contributed by atoms with Gasteiger partial charge in [-0.3, -0.25) is 4.79 Å². The highest BCUT2D eigenvalue weighted by Gasteiger charge is 2.52. The van der Waals surface area contributed by atoms with Crippen molar-refractivity contribution in [3.8, 4) is 0 Å². The number of nitrogens with zero attached hydrogens (tertiary/aromatic N) is 1. The summed E-state index contributed by atoms with van der Waals surface area (Å²) in [6, 6.07) is 4.02. The zero-order chi connectivity index (χ0) is 16.5. The number of halogens is 1. The molecule has 1 amide bonds. The Morgan fingerprint density at radius 3 is 2.73 bits per heavy atom. The van der Waals surface area contributed by atoms with Crippen LogP contribution in [-0.2, 0) is 19.6 Å². The Labute approximate surface area is 129 Å². The predicted molar refractivity (Wildman–Crippen MR) is 78.1 cm³/mol. The molecule has 1 heterocycles. The van der Waals surface area contributed by atoms with Crippen molar-refractivity contribution in [2.75, 3.05) is 20.3 Å². The smallest absolute Gasteiger partial charge is 0.247 e. The molecular formula is C14H19FN2O4S. The number of methoxy groups -OCH3 is 1. The highest BCUT2D eigenvalue weighted by atomic mass is 32.2. The van der Waals surface area contributed by atoms with Gasteiger partial charge in [-0.2, -0.15) is 4.31 Å². The van der Waals surface area contributed by atoms with E-state index in [9.17, 15) is 17.6 Å². The molecule has 1 saturated heterocycles. The summed E-state index contributed by atoms with van der Waals surface area (Å²) < 4.78 is 45.9. The normalized spacial score (nSPS) is 22.9. The quantitative estimate of drug-likeness (QED) is 0.864. The van der Waals surface area contributed by atoms with E-state index in [1.165, 1.54) is 26.2 Å². The number of carbonyl (C=O) groups is 1. The molecule has 1 aliphatic rings. The zero-order valence-corrected chi connectivity index (χ0v) is 13.3. The molecule has 1 aromatic carbocycles. The second kappa shape index (κ2) is 5.94. The molecule has 2 rings (SSSR count). The van der Waals surface area contributed by atoms with Gasteiger partial charge in [-0.15, -0.1) is 0 Å². The van der Waals surface area contributed by atoms with E-state index in [2.05, 4.69) is 0 Å². The van der Waals surface area contributed by atoms with Crippen molar-refractivity contribution < 1.29 is 22.3 Å². The Morgan fingerprint density at radius 1 is 1.50 bits per heavy atom. The molecule has 8 heteroatoms. The zero-order valence-electron chi connectivity index (χ0n) is 12.5. The minimum absolute atomic E-state index is 0.0996. The standard InChI is InChI=1S/C14H19FN2O4S/c1-10-5-3-6-11(15)12(10)22(19,20)17-8-4-7-14(17,9-21-2)13(16)18/h3,5-6H,4,7-9H2,1-2H3,(H2,16,18). The largest absolute Gasteiger partial charge is 0.382 e. The maximum absolute atomic E-state index is 14.1. The fourth-order valence-corrected chi connectivity index (χ4v) is 5.03. The van der Waals surface area contributed by atoms with E-state index in [0.717, 1.165) is 10.4 Å². The van der Waals surface area contributed by atoms with Crippen LogP contribution >= 0.6 is 0 Å². The molecule has 1 unspecified atom stereocenters. The number of sulfonamides is 1. The predicted octanol–water partition coefficient (Wildman–Crippen LogP) is 0.789. The molecular weight excluding hydrogens is 311 g/mol. The van der Waals surface area contributed by atoms with Crippen LogP contribution < -0.4 is 5.73 Å². The number of ether oxygens (including phenoxy) is 1. The lowest BCUT2D eigenvalue weighted by atomic mass is 9.98. The van der Waals surface area contributed by atoms with Gasteiger partial charge < -0.3 is 10.5 Å². The fraction of sp³-hybridized carbons (Fsp3) is 0.500. The number of nitrogens with two attached hydrogens (primary N) is 1. The Balaban J connectivity index is 2.60. The van der Waals surface area contributed by atoms with Gasteiger partial charge in [0.05, 0.1) is 6.61 Å². The van der Waals surface area contributed by atoms with Gasteiger partial charge in [-0.25, -0.2) is 12.8 Å². The lowest BCUT2D eigenvalue weighted by molar-refractivity contribution is -0.128. The third-order valence-electron chi connectivity index (χ3n) is 3.98. The minimum atomic E-state index is -4.20. The molecule has 0 aliphatic carbocycles. The van der Waals surface area contributed by atoms with Crippen LogP contribution in [0.1, 0.15) is 18.4 Å². The SMILES string of the molecule is COCC1(C(N)=O)CCCN1S(=O)(=O)c1c(C)cccc1F. The van der Waals surface area contributed by atoms with Gasteiger partial charge in [0, 0.05) is 13.7 Å². The number of amides is 1. The Kier molecular flexibility index (Phi) is 4.55. The average molecular weight is 330 g/mol. The molecule has 0 saturated carbocycles. The third-order valence-corrected chi connectivity index (χ3v) is 6.13. The lowest BCUT2D eigenvalue weighted by Gasteiger charge is -2.34. The van der Waals surface area contributed by atoms with Crippen LogP contribution in [0.5, 0.6) is 0 Å². The monoisotopic (exact) mass is 330 g/mol. The highest BCUT2D eigenvalue weighted by Crippen LogP contribution is 2.36. The van der Waals surface area contributed by atoms with Crippen molar-refractivity contribution >= 4 is 15.9 Å². The van der Waals surface area contributed by atoms with Gasteiger partial charge in [0.1, 0.15) is 16.3 Å². The second-order valence-corrected chi connectivity index (χ2v) is 7.19. The van der Waals surface area contributed by atoms with Gasteiger partial charge in [0.25, 0.3) is 0 Å². The molecule has 1 aromatic rings. The summed E-state index contributed by atoms with van der Waals surface area (Å²) in [4.78, 5) is 11.5. The molecule has 0 radical (unpaired) electrons. The number of carbonyl (C=O) groups excluding carboxylic acids is 1. The highest BCUT2D eigenvalue weighted by molar-refractivity contribution is 7.89. The van der Waals surface area contributed by atoms with Crippen molar-refractivity contribution in [2.24, 2.45) is 5.73 Å². The van der Waals surface area contributed by atoms with Crippen molar-refractivity contribution in [1.82, 2.24) is 4.31 Å². The van der Waals surface area contributed by atoms with Crippen LogP contribution in [0.15, 0.2) is 23.1 Å². The van der Waals surface area contributed by atoms with Crippen molar-refractivity contribution in [3.63, 3.8) is 0 Å². The van der Waals surface area contributed by atoms with Gasteiger partial charge in [-0.05, 0) is 31.4 Å². The molecule has 0 bridgehead atoms. The van der Waals surface area contributed by atoms with Crippen molar-refractivity contribution in [1.29, 1.82) is 0 Å². The molecule has 1 atom stereocenters. The van der Waals surface area contributed by atoms with E-state index in [-0.39, 0.29) is 25.1 Å². The molecule has 1 fully saturated rings. The number of benzene rings is 1. The number of aryl methyl sites for hydroxylation is 1. The second-order valence-electron chi connectivity index (χ2n) is 5.40. The number of primary amides is 1. The molecule has 22 heavy (non-hydrogen) atoms. The van der Waals surface area contributed by atoms with Crippen LogP contribution in [-0.4, -0.2) is 44.4 Å². The maximum atomic E-state index is 14.1. The van der Waals surface area contributed by atoms with Gasteiger partial charge >= 0.3 is 0 Å². The first kappa shape index (κ1) is 16.9. The topological polar surface area (TPSA) is 89.7 Å². The summed E-state index contributed by atoms with van der Waals surface area (Å²) >= 11 is 0. The van der Waals surface area contributed by atoms with Gasteiger partial charge in [-0.1, -0.05) is 12.1 Å². The fourth-order valence-electron chi connectivity index (χ4n) is 2.96. The summed E-state index contributed by atoms with van der Waals surface area (Å²) in [7, 11) is -2.83. The van der Waals surface area contributed by atoms with E-state index < -0.39 is 32.2 Å². The van der Waals surface area contributed by atoms with Crippen molar-refractivity contribution in [2.45, 2.75) is 30.2 Å². The first-order chi connectivity index (χ1) is 10.3.